The maximum atomic E-state index is 13.5. The molecule has 2 aromatic rings. The van der Waals surface area contributed by atoms with Crippen LogP contribution in [0.4, 0.5) is 0 Å². The van der Waals surface area contributed by atoms with Gasteiger partial charge in [-0.15, -0.1) is 0 Å². The summed E-state index contributed by atoms with van der Waals surface area (Å²) in [5.74, 6) is -3.21. The van der Waals surface area contributed by atoms with Gasteiger partial charge in [-0.1, -0.05) is 29.8 Å². The van der Waals surface area contributed by atoms with Gasteiger partial charge in [-0.2, -0.15) is 9.78 Å². The predicted octanol–water partition coefficient (Wildman–Crippen LogP) is 0.362. The number of benzene rings is 1. The second-order valence-corrected chi connectivity index (χ2v) is 8.88. The molecular weight excluding hydrogens is 542 g/mol. The zero-order chi connectivity index (χ0) is 28.9. The fourth-order valence-corrected chi connectivity index (χ4v) is 4.16. The number of rotatable bonds is 8. The number of carbonyl (C=O) groups is 4. The first-order chi connectivity index (χ1) is 18.4. The number of hydrogen-bond donors (Lipinski definition) is 0. The molecule has 39 heavy (non-hydrogen) atoms. The Morgan fingerprint density at radius 1 is 0.897 bits per heavy atom. The first-order valence-corrected chi connectivity index (χ1v) is 12.0. The molecule has 0 bridgehead atoms. The number of esters is 4. The molecule has 5 atom stereocenters. The normalized spacial score (nSPS) is 22.4. The van der Waals surface area contributed by atoms with Gasteiger partial charge in [0.05, 0.1) is 6.54 Å². The number of aromatic nitrogens is 3. The van der Waals surface area contributed by atoms with E-state index in [2.05, 4.69) is 5.10 Å². The second-order valence-electron chi connectivity index (χ2n) is 8.48. The lowest BCUT2D eigenvalue weighted by Gasteiger charge is -2.44. The highest BCUT2D eigenvalue weighted by atomic mass is 35.5. The largest absolute Gasteiger partial charge is 0.463 e. The van der Waals surface area contributed by atoms with E-state index in [4.69, 9.17) is 35.3 Å². The fourth-order valence-electron chi connectivity index (χ4n) is 3.97. The molecule has 1 saturated heterocycles. The third-order valence-corrected chi connectivity index (χ3v) is 5.85. The van der Waals surface area contributed by atoms with E-state index in [1.807, 2.05) is 0 Å². The molecular formula is C24H26ClN3O11. The van der Waals surface area contributed by atoms with Gasteiger partial charge in [0.1, 0.15) is 18.9 Å². The summed E-state index contributed by atoms with van der Waals surface area (Å²) in [6.07, 6.45) is -6.61. The van der Waals surface area contributed by atoms with Gasteiger partial charge >= 0.3 is 29.6 Å². The molecule has 0 radical (unpaired) electrons. The minimum atomic E-state index is -1.61. The van der Waals surface area contributed by atoms with Crippen LogP contribution < -0.4 is 11.2 Å². The van der Waals surface area contributed by atoms with Crippen molar-refractivity contribution in [1.29, 1.82) is 0 Å². The Bertz CT molecular complexity index is 1370. The average molecular weight is 568 g/mol. The fraction of sp³-hybridized carbons (Fsp3) is 0.458. The van der Waals surface area contributed by atoms with Crippen molar-refractivity contribution >= 4 is 35.5 Å². The smallest absolute Gasteiger partial charge is 0.350 e. The van der Waals surface area contributed by atoms with Crippen LogP contribution in [0.15, 0.2) is 40.1 Å². The van der Waals surface area contributed by atoms with Gasteiger partial charge in [0.2, 0.25) is 0 Å². The van der Waals surface area contributed by atoms with E-state index in [-0.39, 0.29) is 6.54 Å². The minimum Gasteiger partial charge on any atom is -0.463 e. The number of ether oxygens (including phenoxy) is 5. The maximum Gasteiger partial charge on any atom is 0.350 e. The quantitative estimate of drug-likeness (QED) is 0.317. The molecule has 0 spiro atoms. The van der Waals surface area contributed by atoms with Crippen LogP contribution in [-0.2, 0) is 49.4 Å². The number of nitrogens with zero attached hydrogens (tertiary/aromatic N) is 3. The second kappa shape index (κ2) is 12.7. The van der Waals surface area contributed by atoms with E-state index < -0.39 is 72.4 Å². The van der Waals surface area contributed by atoms with Crippen molar-refractivity contribution in [3.05, 3.63) is 61.9 Å². The van der Waals surface area contributed by atoms with Gasteiger partial charge in [-0.25, -0.2) is 4.79 Å². The minimum absolute atomic E-state index is 0.231. The molecule has 1 aliphatic rings. The van der Waals surface area contributed by atoms with Crippen LogP contribution in [0.3, 0.4) is 0 Å². The Labute approximate surface area is 226 Å². The zero-order valence-electron chi connectivity index (χ0n) is 21.4. The average Bonchev–Trinajstić information content (AvgIpc) is 2.83. The molecule has 210 valence electrons. The Morgan fingerprint density at radius 3 is 2.08 bits per heavy atom. The molecule has 1 fully saturated rings. The monoisotopic (exact) mass is 567 g/mol. The Balaban J connectivity index is 2.16. The van der Waals surface area contributed by atoms with Crippen LogP contribution in [0.25, 0.3) is 0 Å². The van der Waals surface area contributed by atoms with Gasteiger partial charge in [-0.3, -0.25) is 28.5 Å². The molecule has 1 aliphatic heterocycles. The number of hydrogen-bond acceptors (Lipinski definition) is 12. The summed E-state index contributed by atoms with van der Waals surface area (Å²) in [4.78, 5) is 73.6. The number of halogens is 1. The summed E-state index contributed by atoms with van der Waals surface area (Å²) < 4.78 is 28.6. The Hall–Kier alpha value is -4.04. The van der Waals surface area contributed by atoms with E-state index in [0.717, 1.165) is 38.5 Å². The number of carbonyl (C=O) groups excluding carboxylic acids is 4. The van der Waals surface area contributed by atoms with Crippen molar-refractivity contribution in [2.24, 2.45) is 0 Å². The first-order valence-electron chi connectivity index (χ1n) is 11.6. The highest BCUT2D eigenvalue weighted by Gasteiger charge is 2.53. The molecule has 1 aromatic heterocycles. The summed E-state index contributed by atoms with van der Waals surface area (Å²) in [5.41, 5.74) is -1.29. The lowest BCUT2D eigenvalue weighted by molar-refractivity contribution is -0.271. The third-order valence-electron chi connectivity index (χ3n) is 5.48. The summed E-state index contributed by atoms with van der Waals surface area (Å²) in [6, 6.07) is 6.55. The van der Waals surface area contributed by atoms with Gasteiger partial charge in [0.15, 0.2) is 24.5 Å². The van der Waals surface area contributed by atoms with Crippen molar-refractivity contribution in [2.75, 3.05) is 6.61 Å². The van der Waals surface area contributed by atoms with Crippen molar-refractivity contribution in [3.63, 3.8) is 0 Å². The molecule has 15 heteroatoms. The Kier molecular flexibility index (Phi) is 9.59. The molecule has 0 N–H and O–H groups in total. The van der Waals surface area contributed by atoms with E-state index in [9.17, 15) is 28.8 Å². The third kappa shape index (κ3) is 7.29. The SMILES string of the molecule is CC(=O)OC[C@H]1O[C@@H](n2ncc(=O)n(Cc3ccccc3Cl)c2=O)[C@H](OC(C)=O)[C@@H](OC(C)=O)[C@@H]1OC(C)=O. The molecule has 0 saturated carbocycles. The highest BCUT2D eigenvalue weighted by Crippen LogP contribution is 2.33. The lowest BCUT2D eigenvalue weighted by Crippen LogP contribution is -2.62. The van der Waals surface area contributed by atoms with Crippen LogP contribution >= 0.6 is 11.6 Å². The van der Waals surface area contributed by atoms with Gasteiger partial charge in [0.25, 0.3) is 5.56 Å². The standard InChI is InChI=1S/C24H26ClN3O11/c1-12(29)35-11-18-20(36-13(2)30)21(37-14(3)31)22(38-15(4)32)23(39-18)28-24(34)27(19(33)9-26-28)10-16-7-5-6-8-17(16)25/h5-9,18,20-23H,10-11H2,1-4H3/t18-,20-,21+,22-,23-/m1/s1. The van der Waals surface area contributed by atoms with Crippen LogP contribution in [0.1, 0.15) is 39.5 Å². The van der Waals surface area contributed by atoms with Crippen molar-refractivity contribution in [1.82, 2.24) is 14.3 Å². The van der Waals surface area contributed by atoms with Crippen molar-refractivity contribution < 1.29 is 42.9 Å². The zero-order valence-corrected chi connectivity index (χ0v) is 22.2. The molecule has 0 aliphatic carbocycles. The maximum absolute atomic E-state index is 13.5. The first kappa shape index (κ1) is 29.5. The van der Waals surface area contributed by atoms with E-state index in [0.29, 0.717) is 15.3 Å². The van der Waals surface area contributed by atoms with Crippen LogP contribution in [-0.4, -0.2) is 69.2 Å². The molecule has 1 aromatic carbocycles. The molecule has 0 amide bonds. The predicted molar refractivity (Wildman–Crippen MR) is 131 cm³/mol. The van der Waals surface area contributed by atoms with Crippen LogP contribution in [0.5, 0.6) is 0 Å². The van der Waals surface area contributed by atoms with E-state index >= 15 is 0 Å². The molecule has 0 unspecified atom stereocenters. The lowest BCUT2D eigenvalue weighted by atomic mass is 9.97. The topological polar surface area (TPSA) is 171 Å². The van der Waals surface area contributed by atoms with Gasteiger partial charge in [0, 0.05) is 32.7 Å². The Morgan fingerprint density at radius 2 is 1.49 bits per heavy atom. The summed E-state index contributed by atoms with van der Waals surface area (Å²) in [7, 11) is 0. The van der Waals surface area contributed by atoms with Crippen molar-refractivity contribution in [2.45, 2.75) is 64.9 Å². The molecule has 3 rings (SSSR count). The van der Waals surface area contributed by atoms with E-state index in [1.165, 1.54) is 0 Å². The summed E-state index contributed by atoms with van der Waals surface area (Å²) in [5, 5.41) is 4.18. The van der Waals surface area contributed by atoms with Gasteiger partial charge < -0.3 is 23.7 Å². The molecule has 14 nitrogen and oxygen atoms in total. The summed E-state index contributed by atoms with van der Waals surface area (Å²) >= 11 is 6.20. The summed E-state index contributed by atoms with van der Waals surface area (Å²) in [6.45, 7) is 3.60. The van der Waals surface area contributed by atoms with E-state index in [1.54, 1.807) is 24.3 Å². The highest BCUT2D eigenvalue weighted by molar-refractivity contribution is 6.31. The van der Waals surface area contributed by atoms with Crippen molar-refractivity contribution in [3.8, 4) is 0 Å². The van der Waals surface area contributed by atoms with Crippen LogP contribution in [0, 0.1) is 0 Å². The molecule has 2 heterocycles. The van der Waals surface area contributed by atoms with Gasteiger partial charge in [-0.05, 0) is 11.6 Å². The van der Waals surface area contributed by atoms with Crippen LogP contribution in [0.2, 0.25) is 5.02 Å².